The molecule has 18 heavy (non-hydrogen) atoms. The molecule has 1 fully saturated rings. The van der Waals surface area contributed by atoms with Crippen LogP contribution in [-0.4, -0.2) is 34.0 Å². The molecule has 0 aliphatic heterocycles. The zero-order chi connectivity index (χ0) is 13.1. The summed E-state index contributed by atoms with van der Waals surface area (Å²) in [7, 11) is 1.76. The fourth-order valence-corrected chi connectivity index (χ4v) is 2.49. The first-order chi connectivity index (χ1) is 8.58. The molecule has 1 saturated carbocycles. The highest BCUT2D eigenvalue weighted by Crippen LogP contribution is 2.22. The lowest BCUT2D eigenvalue weighted by Gasteiger charge is -2.31. The number of carbonyl (C=O) groups is 1. The Balaban J connectivity index is 2.16. The average molecular weight is 250 g/mol. The Labute approximate surface area is 105 Å². The van der Waals surface area contributed by atoms with Gasteiger partial charge in [-0.05, 0) is 12.8 Å². The molecule has 0 unspecified atom stereocenters. The number of rotatable bonds is 2. The first kappa shape index (κ1) is 12.7. The molecular weight excluding hydrogens is 232 g/mol. The number of nitrogens with one attached hydrogen (secondary N) is 1. The van der Waals surface area contributed by atoms with Gasteiger partial charge in [-0.25, -0.2) is 0 Å². The molecule has 0 saturated heterocycles. The van der Waals surface area contributed by atoms with Gasteiger partial charge in [0.05, 0.1) is 5.56 Å². The van der Waals surface area contributed by atoms with Crippen molar-refractivity contribution in [3.05, 3.63) is 28.0 Å². The van der Waals surface area contributed by atoms with E-state index in [1.165, 1.54) is 18.6 Å². The summed E-state index contributed by atoms with van der Waals surface area (Å²) in [5.41, 5.74) is -0.222. The third-order valence-corrected chi connectivity index (χ3v) is 3.52. The van der Waals surface area contributed by atoms with Crippen LogP contribution < -0.4 is 5.56 Å². The molecule has 2 rings (SSSR count). The second-order valence-corrected chi connectivity index (χ2v) is 4.83. The molecule has 0 spiro atoms. The van der Waals surface area contributed by atoms with Crippen molar-refractivity contribution < 1.29 is 9.90 Å². The van der Waals surface area contributed by atoms with Crippen molar-refractivity contribution in [3.8, 4) is 5.88 Å². The molecule has 1 aliphatic carbocycles. The minimum atomic E-state index is -0.463. The fourth-order valence-electron chi connectivity index (χ4n) is 2.49. The van der Waals surface area contributed by atoms with Crippen LogP contribution in [0, 0.1) is 0 Å². The number of hydrogen-bond acceptors (Lipinski definition) is 3. The zero-order valence-corrected chi connectivity index (χ0v) is 10.5. The van der Waals surface area contributed by atoms with E-state index in [0.29, 0.717) is 0 Å². The summed E-state index contributed by atoms with van der Waals surface area (Å²) in [5, 5.41) is 9.31. The zero-order valence-electron chi connectivity index (χ0n) is 10.5. The highest BCUT2D eigenvalue weighted by Gasteiger charge is 2.23. The van der Waals surface area contributed by atoms with Crippen LogP contribution in [0.1, 0.15) is 42.5 Å². The Kier molecular flexibility index (Phi) is 3.69. The van der Waals surface area contributed by atoms with Crippen molar-refractivity contribution in [1.29, 1.82) is 0 Å². The van der Waals surface area contributed by atoms with Crippen molar-refractivity contribution >= 4 is 5.91 Å². The summed E-state index contributed by atoms with van der Waals surface area (Å²) >= 11 is 0. The third kappa shape index (κ3) is 2.72. The van der Waals surface area contributed by atoms with E-state index in [4.69, 9.17) is 0 Å². The maximum absolute atomic E-state index is 12.2. The molecule has 0 radical (unpaired) electrons. The van der Waals surface area contributed by atoms with Crippen LogP contribution in [0.2, 0.25) is 0 Å². The fraction of sp³-hybridized carbons (Fsp3) is 0.538. The minimum absolute atomic E-state index is 0.205. The third-order valence-electron chi connectivity index (χ3n) is 3.52. The average Bonchev–Trinajstić information content (AvgIpc) is 2.37. The van der Waals surface area contributed by atoms with Gasteiger partial charge in [0.25, 0.3) is 11.5 Å². The maximum Gasteiger partial charge on any atom is 0.254 e. The van der Waals surface area contributed by atoms with Crippen molar-refractivity contribution in [2.75, 3.05) is 7.05 Å². The second-order valence-electron chi connectivity index (χ2n) is 4.83. The molecule has 0 bridgehead atoms. The lowest BCUT2D eigenvalue weighted by Crippen LogP contribution is -2.38. The van der Waals surface area contributed by atoms with Gasteiger partial charge in [-0.1, -0.05) is 19.3 Å². The minimum Gasteiger partial charge on any atom is -0.494 e. The highest BCUT2D eigenvalue weighted by atomic mass is 16.3. The van der Waals surface area contributed by atoms with Crippen LogP contribution in [0.3, 0.4) is 0 Å². The number of aromatic amines is 1. The van der Waals surface area contributed by atoms with E-state index in [9.17, 15) is 14.7 Å². The van der Waals surface area contributed by atoms with E-state index in [1.54, 1.807) is 11.9 Å². The molecule has 0 atom stereocenters. The number of aromatic nitrogens is 1. The van der Waals surface area contributed by atoms with E-state index >= 15 is 0 Å². The van der Waals surface area contributed by atoms with Gasteiger partial charge >= 0.3 is 0 Å². The van der Waals surface area contributed by atoms with Crippen molar-refractivity contribution in [3.63, 3.8) is 0 Å². The highest BCUT2D eigenvalue weighted by molar-refractivity contribution is 5.94. The molecule has 1 aromatic heterocycles. The van der Waals surface area contributed by atoms with Crippen molar-refractivity contribution in [2.45, 2.75) is 38.1 Å². The molecule has 98 valence electrons. The number of pyridine rings is 1. The van der Waals surface area contributed by atoms with Gasteiger partial charge < -0.3 is 10.0 Å². The van der Waals surface area contributed by atoms with Crippen molar-refractivity contribution in [2.24, 2.45) is 0 Å². The predicted octanol–water partition coefficient (Wildman–Crippen LogP) is 1.49. The van der Waals surface area contributed by atoms with E-state index < -0.39 is 5.56 Å². The number of hydrogen-bond donors (Lipinski definition) is 2. The summed E-state index contributed by atoms with van der Waals surface area (Å²) in [6.07, 6.45) is 5.53. The van der Waals surface area contributed by atoms with Crippen LogP contribution in [0.5, 0.6) is 5.88 Å². The van der Waals surface area contributed by atoms with Crippen LogP contribution in [0.4, 0.5) is 0 Å². The summed E-state index contributed by atoms with van der Waals surface area (Å²) in [6, 6.07) is 2.76. The largest absolute Gasteiger partial charge is 0.494 e. The monoisotopic (exact) mass is 250 g/mol. The van der Waals surface area contributed by atoms with Crippen LogP contribution in [0.15, 0.2) is 16.9 Å². The number of aromatic hydroxyl groups is 1. The smallest absolute Gasteiger partial charge is 0.254 e. The second kappa shape index (κ2) is 5.25. The van der Waals surface area contributed by atoms with E-state index in [1.807, 2.05) is 0 Å². The van der Waals surface area contributed by atoms with Crippen LogP contribution in [0.25, 0.3) is 0 Å². The Morgan fingerprint density at radius 3 is 2.61 bits per heavy atom. The van der Waals surface area contributed by atoms with Gasteiger partial charge in [0.1, 0.15) is 0 Å². The standard InChI is InChI=1S/C13H18N2O3/c1-15(10-5-3-2-4-6-10)13(18)9-7-11(16)14-12(17)8-9/h7-8,10H,2-6H2,1H3,(H2,14,16,17). The molecule has 1 heterocycles. The normalized spacial score (nSPS) is 16.5. The van der Waals surface area contributed by atoms with E-state index in [-0.39, 0.29) is 23.4 Å². The van der Waals surface area contributed by atoms with Gasteiger partial charge in [-0.3, -0.25) is 14.6 Å². The Hall–Kier alpha value is -1.78. The van der Waals surface area contributed by atoms with Gasteiger partial charge in [0.2, 0.25) is 0 Å². The molecule has 5 nitrogen and oxygen atoms in total. The predicted molar refractivity (Wildman–Crippen MR) is 67.7 cm³/mol. The number of carbonyl (C=O) groups excluding carboxylic acids is 1. The summed E-state index contributed by atoms with van der Waals surface area (Å²) in [6.45, 7) is 0. The topological polar surface area (TPSA) is 73.4 Å². The van der Waals surface area contributed by atoms with Crippen LogP contribution in [-0.2, 0) is 0 Å². The molecule has 2 N–H and O–H groups in total. The molecule has 0 aromatic carbocycles. The van der Waals surface area contributed by atoms with Crippen molar-refractivity contribution in [1.82, 2.24) is 9.88 Å². The Morgan fingerprint density at radius 1 is 1.33 bits per heavy atom. The van der Waals surface area contributed by atoms with Gasteiger partial charge in [0, 0.05) is 25.2 Å². The quantitative estimate of drug-likeness (QED) is 0.835. The summed E-state index contributed by atoms with van der Waals surface area (Å²) < 4.78 is 0. The lowest BCUT2D eigenvalue weighted by atomic mass is 9.94. The first-order valence-electron chi connectivity index (χ1n) is 6.28. The summed E-state index contributed by atoms with van der Waals surface area (Å²) in [4.78, 5) is 27.3. The van der Waals surface area contributed by atoms with Gasteiger partial charge in [-0.2, -0.15) is 0 Å². The summed E-state index contributed by atoms with van der Waals surface area (Å²) in [5.74, 6) is -0.480. The molecule has 5 heteroatoms. The molecule has 1 aromatic rings. The SMILES string of the molecule is CN(C(=O)c1cc(O)[nH]c(=O)c1)C1CCCCC1. The van der Waals surface area contributed by atoms with E-state index in [2.05, 4.69) is 4.98 Å². The maximum atomic E-state index is 12.2. The van der Waals surface area contributed by atoms with Gasteiger partial charge in [-0.15, -0.1) is 0 Å². The molecule has 1 aliphatic rings. The molecule has 1 amide bonds. The van der Waals surface area contributed by atoms with E-state index in [0.717, 1.165) is 25.7 Å². The molecular formula is C13H18N2O3. The number of H-pyrrole nitrogens is 1. The van der Waals surface area contributed by atoms with Gasteiger partial charge in [0.15, 0.2) is 5.88 Å². The Bertz CT molecular complexity index is 489. The number of nitrogens with zero attached hydrogens (tertiary/aromatic N) is 1. The van der Waals surface area contributed by atoms with Crippen LogP contribution >= 0.6 is 0 Å². The lowest BCUT2D eigenvalue weighted by molar-refractivity contribution is 0.0695. The number of amides is 1. The first-order valence-corrected chi connectivity index (χ1v) is 6.28. The Morgan fingerprint density at radius 2 is 2.00 bits per heavy atom.